The van der Waals surface area contributed by atoms with Crippen LogP contribution < -0.4 is 15.5 Å². The highest BCUT2D eigenvalue weighted by molar-refractivity contribution is 5.94. The Balaban J connectivity index is 1.31. The maximum Gasteiger partial charge on any atom is 0.319 e. The van der Waals surface area contributed by atoms with Crippen molar-refractivity contribution in [3.63, 3.8) is 0 Å². The molecule has 0 radical (unpaired) electrons. The molecule has 218 valence electrons. The van der Waals surface area contributed by atoms with Crippen LogP contribution in [0.15, 0.2) is 48.9 Å². The van der Waals surface area contributed by atoms with Crippen molar-refractivity contribution in [1.29, 1.82) is 0 Å². The van der Waals surface area contributed by atoms with E-state index in [1.54, 1.807) is 49.8 Å². The van der Waals surface area contributed by atoms with Crippen molar-refractivity contribution in [3.05, 3.63) is 60.3 Å². The van der Waals surface area contributed by atoms with Crippen LogP contribution in [0, 0.1) is 5.82 Å². The second kappa shape index (κ2) is 12.1. The number of aromatic nitrogens is 5. The minimum atomic E-state index is -0.551. The molecule has 0 atom stereocenters. The first kappa shape index (κ1) is 27.5. The molecule has 3 aromatic heterocycles. The smallest absolute Gasteiger partial charge is 0.319 e. The van der Waals surface area contributed by atoms with E-state index in [1.165, 1.54) is 6.07 Å². The van der Waals surface area contributed by atoms with E-state index >= 15 is 4.39 Å². The Morgan fingerprint density at radius 3 is 2.60 bits per heavy atom. The quantitative estimate of drug-likeness (QED) is 0.359. The molecule has 1 aromatic carbocycles. The summed E-state index contributed by atoms with van der Waals surface area (Å²) in [5.74, 6) is 0.325. The van der Waals surface area contributed by atoms with E-state index < -0.39 is 11.8 Å². The lowest BCUT2D eigenvalue weighted by Crippen LogP contribution is -2.39. The zero-order valence-electron chi connectivity index (χ0n) is 23.3. The lowest BCUT2D eigenvalue weighted by Gasteiger charge is -2.32. The first-order valence-electron chi connectivity index (χ1n) is 14.1. The largest absolute Gasteiger partial charge is 0.378 e. The number of anilines is 2. The van der Waals surface area contributed by atoms with E-state index in [9.17, 15) is 9.59 Å². The van der Waals surface area contributed by atoms with Gasteiger partial charge in [-0.3, -0.25) is 9.78 Å². The molecule has 0 saturated carbocycles. The highest BCUT2D eigenvalue weighted by Crippen LogP contribution is 2.33. The molecule has 0 bridgehead atoms. The van der Waals surface area contributed by atoms with Crippen LogP contribution in [0.5, 0.6) is 0 Å². The molecule has 12 nitrogen and oxygen atoms in total. The number of nitrogens with zero attached hydrogens (tertiary/aromatic N) is 7. The molecule has 4 aromatic rings. The molecule has 0 spiro atoms. The zero-order chi connectivity index (χ0) is 29.1. The second-order valence-corrected chi connectivity index (χ2v) is 10.2. The summed E-state index contributed by atoms with van der Waals surface area (Å²) in [5.41, 5.74) is 1.73. The summed E-state index contributed by atoms with van der Waals surface area (Å²) in [6.07, 6.45) is 6.40. The summed E-state index contributed by atoms with van der Waals surface area (Å²) < 4.78 is 22.9. The topological polar surface area (TPSA) is 130 Å². The van der Waals surface area contributed by atoms with Crippen molar-refractivity contribution in [2.24, 2.45) is 0 Å². The minimum absolute atomic E-state index is 0.00855. The van der Waals surface area contributed by atoms with Crippen LogP contribution in [0.4, 0.5) is 20.7 Å². The van der Waals surface area contributed by atoms with Gasteiger partial charge in [-0.1, -0.05) is 0 Å². The number of rotatable bonds is 6. The van der Waals surface area contributed by atoms with Crippen molar-refractivity contribution in [1.82, 2.24) is 34.9 Å². The van der Waals surface area contributed by atoms with Crippen molar-refractivity contribution < 1.29 is 18.7 Å². The van der Waals surface area contributed by atoms with Gasteiger partial charge in [0.15, 0.2) is 11.5 Å². The average Bonchev–Trinajstić information content (AvgIpc) is 3.45. The molecule has 13 heteroatoms. The molecule has 6 rings (SSSR count). The van der Waals surface area contributed by atoms with Gasteiger partial charge in [-0.2, -0.15) is 5.10 Å². The molecule has 42 heavy (non-hydrogen) atoms. The molecule has 2 aliphatic rings. The number of halogens is 1. The van der Waals surface area contributed by atoms with Crippen molar-refractivity contribution in [2.75, 3.05) is 56.2 Å². The lowest BCUT2D eigenvalue weighted by molar-refractivity contribution is 0.0691. The molecular weight excluding hydrogens is 541 g/mol. The summed E-state index contributed by atoms with van der Waals surface area (Å²) in [6, 6.07) is 7.60. The number of carbonyl (C=O) groups excluding carboxylic acids is 2. The highest BCUT2D eigenvalue weighted by Gasteiger charge is 2.28. The Bertz CT molecular complexity index is 1580. The fourth-order valence-corrected chi connectivity index (χ4v) is 5.41. The molecule has 5 heterocycles. The first-order chi connectivity index (χ1) is 20.5. The number of hydrogen-bond donors (Lipinski definition) is 2. The van der Waals surface area contributed by atoms with Gasteiger partial charge in [-0.15, -0.1) is 0 Å². The summed E-state index contributed by atoms with van der Waals surface area (Å²) >= 11 is 0. The predicted octanol–water partition coefficient (Wildman–Crippen LogP) is 3.48. The molecular formula is C29H32FN9O3. The van der Waals surface area contributed by atoms with Gasteiger partial charge in [0.05, 0.1) is 42.0 Å². The summed E-state index contributed by atoms with van der Waals surface area (Å²) in [4.78, 5) is 42.5. The SMILES string of the molecule is CCNC(=O)Nc1ccc(-c2nc(N3CCOCC3)c3cnn(C4CCN(C(=O)c5cccnc5)CC4)c3n2)c(F)c1. The van der Waals surface area contributed by atoms with Gasteiger partial charge in [0, 0.05) is 50.8 Å². The third-order valence-corrected chi connectivity index (χ3v) is 7.56. The summed E-state index contributed by atoms with van der Waals surface area (Å²) in [7, 11) is 0. The number of pyridine rings is 1. The number of hydrogen-bond acceptors (Lipinski definition) is 8. The number of likely N-dealkylation sites (tertiary alicyclic amines) is 1. The number of amides is 3. The average molecular weight is 574 g/mol. The third-order valence-electron chi connectivity index (χ3n) is 7.56. The van der Waals surface area contributed by atoms with Crippen molar-refractivity contribution >= 4 is 34.5 Å². The van der Waals surface area contributed by atoms with E-state index in [2.05, 4.69) is 20.5 Å². The molecule has 2 N–H and O–H groups in total. The van der Waals surface area contributed by atoms with E-state index in [0.717, 1.165) is 5.39 Å². The standard InChI is InChI=1S/C29H32FN9O3/c1-2-32-29(41)34-20-5-6-22(24(30)16-20)25-35-26(37-12-14-42-15-13-37)23-18-33-39(27(23)36-25)21-7-10-38(11-8-21)28(40)19-4-3-9-31-17-19/h3-6,9,16-18,21H,2,7-8,10-15H2,1H3,(H2,32,34,41). The van der Waals surface area contributed by atoms with Crippen LogP contribution >= 0.6 is 0 Å². The molecule has 0 aliphatic carbocycles. The number of piperidine rings is 1. The monoisotopic (exact) mass is 573 g/mol. The van der Waals surface area contributed by atoms with Gasteiger partial charge in [0.1, 0.15) is 11.6 Å². The van der Waals surface area contributed by atoms with Crippen LogP contribution in [0.3, 0.4) is 0 Å². The van der Waals surface area contributed by atoms with Crippen LogP contribution in [-0.4, -0.2) is 87.5 Å². The molecule has 2 saturated heterocycles. The Morgan fingerprint density at radius 1 is 1.07 bits per heavy atom. The van der Waals surface area contributed by atoms with Crippen molar-refractivity contribution in [2.45, 2.75) is 25.8 Å². The van der Waals surface area contributed by atoms with Gasteiger partial charge in [-0.05, 0) is 50.1 Å². The van der Waals surface area contributed by atoms with Crippen LogP contribution in [0.2, 0.25) is 0 Å². The molecule has 2 fully saturated rings. The Morgan fingerprint density at radius 2 is 1.88 bits per heavy atom. The van der Waals surface area contributed by atoms with Gasteiger partial charge >= 0.3 is 6.03 Å². The van der Waals surface area contributed by atoms with Crippen LogP contribution in [-0.2, 0) is 4.74 Å². The van der Waals surface area contributed by atoms with E-state index in [4.69, 9.17) is 19.8 Å². The summed E-state index contributed by atoms with van der Waals surface area (Å²) in [6.45, 7) is 5.81. The zero-order valence-corrected chi connectivity index (χ0v) is 23.3. The van der Waals surface area contributed by atoms with Gasteiger partial charge in [0.2, 0.25) is 0 Å². The minimum Gasteiger partial charge on any atom is -0.378 e. The van der Waals surface area contributed by atoms with Crippen LogP contribution in [0.25, 0.3) is 22.4 Å². The fourth-order valence-electron chi connectivity index (χ4n) is 5.41. The van der Waals surface area contributed by atoms with E-state index in [1.807, 2.05) is 9.58 Å². The highest BCUT2D eigenvalue weighted by atomic mass is 19.1. The normalized spacial score (nSPS) is 16.0. The predicted molar refractivity (Wildman–Crippen MR) is 155 cm³/mol. The number of ether oxygens (including phenoxy) is 1. The Hall–Kier alpha value is -4.65. The van der Waals surface area contributed by atoms with Gasteiger partial charge < -0.3 is 25.2 Å². The number of morpholine rings is 1. The maximum atomic E-state index is 15.4. The number of nitrogens with one attached hydrogen (secondary N) is 2. The first-order valence-corrected chi connectivity index (χ1v) is 14.1. The van der Waals surface area contributed by atoms with Gasteiger partial charge in [0.25, 0.3) is 5.91 Å². The number of carbonyl (C=O) groups is 2. The van der Waals surface area contributed by atoms with Gasteiger partial charge in [-0.25, -0.2) is 23.8 Å². The number of urea groups is 1. The molecule has 3 amide bonds. The fraction of sp³-hybridized carbons (Fsp3) is 0.379. The number of fused-ring (bicyclic) bond motifs is 1. The third kappa shape index (κ3) is 5.59. The Labute approximate surface area is 241 Å². The van der Waals surface area contributed by atoms with E-state index in [0.29, 0.717) is 81.5 Å². The molecule has 2 aliphatic heterocycles. The van der Waals surface area contributed by atoms with Crippen molar-refractivity contribution in [3.8, 4) is 11.4 Å². The Kier molecular flexibility index (Phi) is 7.91. The molecule has 0 unspecified atom stereocenters. The lowest BCUT2D eigenvalue weighted by atomic mass is 10.0. The second-order valence-electron chi connectivity index (χ2n) is 10.2. The summed E-state index contributed by atoms with van der Waals surface area (Å²) in [5, 5.41) is 10.8. The van der Waals surface area contributed by atoms with E-state index in [-0.39, 0.29) is 23.3 Å². The maximum absolute atomic E-state index is 15.4. The number of benzene rings is 1. The van der Waals surface area contributed by atoms with Crippen LogP contribution in [0.1, 0.15) is 36.2 Å².